The summed E-state index contributed by atoms with van der Waals surface area (Å²) in [6.07, 6.45) is 4.67. The summed E-state index contributed by atoms with van der Waals surface area (Å²) in [4.78, 5) is 18.7. The molecular weight excluding hydrogens is 336 g/mol. The van der Waals surface area contributed by atoms with E-state index < -0.39 is 0 Å². The number of hydrogen-bond donors (Lipinski definition) is 0. The molecule has 0 radical (unpaired) electrons. The van der Waals surface area contributed by atoms with E-state index in [1.807, 2.05) is 26.0 Å². The van der Waals surface area contributed by atoms with E-state index in [4.69, 9.17) is 4.98 Å². The van der Waals surface area contributed by atoms with Crippen LogP contribution in [0.1, 0.15) is 54.4 Å². The van der Waals surface area contributed by atoms with Crippen molar-refractivity contribution < 1.29 is 0 Å². The van der Waals surface area contributed by atoms with Crippen LogP contribution in [0.25, 0.3) is 0 Å². The average Bonchev–Trinajstić information content (AvgIpc) is 3.22. The molecule has 6 nitrogen and oxygen atoms in total. The molecule has 1 atom stereocenters. The minimum Gasteiger partial charge on any atom is -0.357 e. The van der Waals surface area contributed by atoms with Gasteiger partial charge in [-0.05, 0) is 51.7 Å². The molecule has 2 aromatic rings. The van der Waals surface area contributed by atoms with Crippen molar-refractivity contribution in [1.82, 2.24) is 15.0 Å². The lowest BCUT2D eigenvalue weighted by molar-refractivity contribution is 0.496. The minimum atomic E-state index is 0.343. The molecule has 140 valence electrons. The predicted molar refractivity (Wildman–Crippen MR) is 106 cm³/mol. The third-order valence-electron chi connectivity index (χ3n) is 5.55. The number of aromatic nitrogens is 3. The third-order valence-corrected chi connectivity index (χ3v) is 5.55. The zero-order chi connectivity index (χ0) is 18.8. The van der Waals surface area contributed by atoms with Gasteiger partial charge in [0.25, 0.3) is 0 Å². The number of anilines is 2. The Kier molecular flexibility index (Phi) is 4.93. The van der Waals surface area contributed by atoms with Gasteiger partial charge >= 0.3 is 0 Å². The molecule has 2 fully saturated rings. The van der Waals surface area contributed by atoms with E-state index in [2.05, 4.69) is 31.9 Å². The fourth-order valence-electron chi connectivity index (χ4n) is 4.17. The Bertz CT molecular complexity index is 865. The van der Waals surface area contributed by atoms with E-state index in [1.165, 1.54) is 12.8 Å². The first-order chi connectivity index (χ1) is 13.1. The Morgan fingerprint density at radius 2 is 1.78 bits per heavy atom. The molecule has 4 heterocycles. The van der Waals surface area contributed by atoms with Gasteiger partial charge in [-0.2, -0.15) is 5.26 Å². The quantitative estimate of drug-likeness (QED) is 0.834. The molecule has 0 bridgehead atoms. The van der Waals surface area contributed by atoms with Gasteiger partial charge in [0, 0.05) is 43.9 Å². The average molecular weight is 362 g/mol. The van der Waals surface area contributed by atoms with Crippen LogP contribution in [0.5, 0.6) is 0 Å². The molecule has 0 unspecified atom stereocenters. The van der Waals surface area contributed by atoms with Crippen LogP contribution in [0.15, 0.2) is 18.2 Å². The van der Waals surface area contributed by atoms with Crippen LogP contribution in [0.3, 0.4) is 0 Å². The van der Waals surface area contributed by atoms with Crippen molar-refractivity contribution in [2.75, 3.05) is 36.0 Å². The Morgan fingerprint density at radius 1 is 1.00 bits per heavy atom. The molecule has 6 heteroatoms. The first-order valence-electron chi connectivity index (χ1n) is 9.87. The Labute approximate surface area is 160 Å². The first-order valence-corrected chi connectivity index (χ1v) is 9.87. The summed E-state index contributed by atoms with van der Waals surface area (Å²) >= 11 is 0. The first kappa shape index (κ1) is 17.7. The van der Waals surface area contributed by atoms with E-state index in [9.17, 15) is 5.26 Å². The standard InChI is InChI=1S/C21H26N6/c1-15-7-8-17(13-22)21(23-15)27-11-5-6-18(14-27)19-12-20(25-16(2)24-19)26-9-3-4-10-26/h7-8,12,18H,3-6,9-11,14H2,1-2H3/t18-/m0/s1. The number of pyridine rings is 1. The maximum atomic E-state index is 9.47. The molecule has 27 heavy (non-hydrogen) atoms. The highest BCUT2D eigenvalue weighted by Gasteiger charge is 2.26. The van der Waals surface area contributed by atoms with Crippen molar-refractivity contribution in [1.29, 1.82) is 5.26 Å². The zero-order valence-electron chi connectivity index (χ0n) is 16.1. The topological polar surface area (TPSA) is 68.9 Å². The molecule has 2 aliphatic heterocycles. The number of hydrogen-bond acceptors (Lipinski definition) is 6. The molecule has 0 saturated carbocycles. The number of rotatable bonds is 3. The molecule has 0 amide bonds. The third kappa shape index (κ3) is 3.73. The van der Waals surface area contributed by atoms with Gasteiger partial charge in [-0.15, -0.1) is 0 Å². The lowest BCUT2D eigenvalue weighted by Gasteiger charge is -2.34. The molecule has 2 aromatic heterocycles. The van der Waals surface area contributed by atoms with Crippen LogP contribution in [0.4, 0.5) is 11.6 Å². The lowest BCUT2D eigenvalue weighted by atomic mass is 9.94. The lowest BCUT2D eigenvalue weighted by Crippen LogP contribution is -2.36. The predicted octanol–water partition coefficient (Wildman–Crippen LogP) is 3.34. The van der Waals surface area contributed by atoms with Crippen LogP contribution in [-0.4, -0.2) is 41.1 Å². The molecule has 2 aliphatic rings. The largest absolute Gasteiger partial charge is 0.357 e. The molecule has 0 spiro atoms. The van der Waals surface area contributed by atoms with E-state index in [1.54, 1.807) is 0 Å². The van der Waals surface area contributed by atoms with Gasteiger partial charge in [-0.3, -0.25) is 0 Å². The Balaban J connectivity index is 1.60. The SMILES string of the molecule is Cc1ccc(C#N)c(N2CCC[C@H](c3cc(N4CCCC4)nc(C)n3)C2)n1. The fourth-order valence-corrected chi connectivity index (χ4v) is 4.17. The van der Waals surface area contributed by atoms with Gasteiger partial charge in [-0.25, -0.2) is 15.0 Å². The second-order valence-corrected chi connectivity index (χ2v) is 7.61. The van der Waals surface area contributed by atoms with E-state index in [-0.39, 0.29) is 0 Å². The Hall–Kier alpha value is -2.68. The summed E-state index contributed by atoms with van der Waals surface area (Å²) in [5.74, 6) is 3.07. The highest BCUT2D eigenvalue weighted by atomic mass is 15.2. The van der Waals surface area contributed by atoms with Gasteiger partial charge in [0.1, 0.15) is 23.5 Å². The van der Waals surface area contributed by atoms with Crippen molar-refractivity contribution in [3.05, 3.63) is 41.0 Å². The van der Waals surface area contributed by atoms with Crippen LogP contribution in [-0.2, 0) is 0 Å². The summed E-state index contributed by atoms with van der Waals surface area (Å²) in [7, 11) is 0. The van der Waals surface area contributed by atoms with Crippen molar-refractivity contribution >= 4 is 11.6 Å². The number of nitriles is 1. The van der Waals surface area contributed by atoms with Crippen LogP contribution in [0.2, 0.25) is 0 Å². The fraction of sp³-hybridized carbons (Fsp3) is 0.524. The van der Waals surface area contributed by atoms with E-state index in [0.29, 0.717) is 11.5 Å². The second-order valence-electron chi connectivity index (χ2n) is 7.61. The van der Waals surface area contributed by atoms with Gasteiger partial charge in [0.05, 0.1) is 11.3 Å². The molecule has 4 rings (SSSR count). The van der Waals surface area contributed by atoms with Crippen LogP contribution < -0.4 is 9.80 Å². The van der Waals surface area contributed by atoms with Gasteiger partial charge in [0.15, 0.2) is 0 Å². The van der Waals surface area contributed by atoms with Gasteiger partial charge in [0.2, 0.25) is 0 Å². The molecule has 2 saturated heterocycles. The number of nitrogens with zero attached hydrogens (tertiary/aromatic N) is 6. The highest BCUT2D eigenvalue weighted by Crippen LogP contribution is 2.31. The molecule has 0 aliphatic carbocycles. The summed E-state index contributed by atoms with van der Waals surface area (Å²) in [5, 5.41) is 9.47. The van der Waals surface area contributed by atoms with Crippen LogP contribution >= 0.6 is 0 Å². The highest BCUT2D eigenvalue weighted by molar-refractivity contribution is 5.55. The summed E-state index contributed by atoms with van der Waals surface area (Å²) < 4.78 is 0. The van der Waals surface area contributed by atoms with Crippen molar-refractivity contribution in [3.8, 4) is 6.07 Å². The van der Waals surface area contributed by atoms with Crippen molar-refractivity contribution in [2.45, 2.75) is 45.4 Å². The smallest absolute Gasteiger partial charge is 0.146 e. The van der Waals surface area contributed by atoms with Crippen molar-refractivity contribution in [2.24, 2.45) is 0 Å². The molecular formula is C21H26N6. The summed E-state index contributed by atoms with van der Waals surface area (Å²) in [5.41, 5.74) is 2.72. The van der Waals surface area contributed by atoms with E-state index in [0.717, 1.165) is 67.9 Å². The van der Waals surface area contributed by atoms with Gasteiger partial charge in [-0.1, -0.05) is 0 Å². The molecule has 0 aromatic carbocycles. The van der Waals surface area contributed by atoms with Crippen LogP contribution in [0, 0.1) is 25.2 Å². The summed E-state index contributed by atoms with van der Waals surface area (Å²) in [6.45, 7) is 7.92. The monoisotopic (exact) mass is 362 g/mol. The maximum Gasteiger partial charge on any atom is 0.146 e. The summed E-state index contributed by atoms with van der Waals surface area (Å²) in [6, 6.07) is 8.25. The maximum absolute atomic E-state index is 9.47. The number of piperidine rings is 1. The zero-order valence-corrected chi connectivity index (χ0v) is 16.1. The minimum absolute atomic E-state index is 0.343. The normalized spacial score (nSPS) is 20.0. The molecule has 0 N–H and O–H groups in total. The second kappa shape index (κ2) is 7.51. The van der Waals surface area contributed by atoms with E-state index >= 15 is 0 Å². The number of aryl methyl sites for hydroxylation is 2. The Morgan fingerprint density at radius 3 is 2.56 bits per heavy atom. The van der Waals surface area contributed by atoms with Crippen molar-refractivity contribution in [3.63, 3.8) is 0 Å². The van der Waals surface area contributed by atoms with Gasteiger partial charge < -0.3 is 9.80 Å².